The van der Waals surface area contributed by atoms with Crippen molar-refractivity contribution in [3.8, 4) is 0 Å². The Balaban J connectivity index is -0.000000333. The van der Waals surface area contributed by atoms with Crippen LogP contribution in [-0.4, -0.2) is 61.9 Å². The number of rotatable bonds is 10. The summed E-state index contributed by atoms with van der Waals surface area (Å²) in [6, 6.07) is 0. The van der Waals surface area contributed by atoms with Crippen LogP contribution in [0.25, 0.3) is 0 Å². The maximum absolute atomic E-state index is 11.0. The van der Waals surface area contributed by atoms with Gasteiger partial charge in [0.2, 0.25) is 0 Å². The molecule has 0 saturated heterocycles. The van der Waals surface area contributed by atoms with E-state index in [0.717, 1.165) is 0 Å². The third-order valence-corrected chi connectivity index (χ3v) is 3.10. The Morgan fingerprint density at radius 2 is 1.08 bits per heavy atom. The second kappa shape index (κ2) is 13.0. The summed E-state index contributed by atoms with van der Waals surface area (Å²) in [6.07, 6.45) is -2.42. The van der Waals surface area contributed by atoms with Crippen molar-refractivity contribution in [3.63, 3.8) is 0 Å². The molecule has 0 aliphatic heterocycles. The summed E-state index contributed by atoms with van der Waals surface area (Å²) in [7, 11) is 0. The van der Waals surface area contributed by atoms with Crippen LogP contribution < -0.4 is 35.7 Å². The Labute approximate surface area is 144 Å². The second-order valence-electron chi connectivity index (χ2n) is 4.96. The van der Waals surface area contributed by atoms with E-state index in [1.807, 2.05) is 0 Å². The van der Waals surface area contributed by atoms with Crippen LogP contribution in [0.3, 0.4) is 0 Å². The van der Waals surface area contributed by atoms with Gasteiger partial charge in [-0.2, -0.15) is 0 Å². The number of carbonyl (C=O) groups is 4. The number of carboxylic acid groups (broad SMARTS) is 4. The van der Waals surface area contributed by atoms with E-state index in [2.05, 4.69) is 5.32 Å². The molecule has 0 fully saturated rings. The molecule has 1 unspecified atom stereocenters. The lowest BCUT2D eigenvalue weighted by molar-refractivity contribution is -0.148. The quantitative estimate of drug-likeness (QED) is 0.223. The van der Waals surface area contributed by atoms with Crippen LogP contribution in [0.1, 0.15) is 26.2 Å². The Morgan fingerprint density at radius 3 is 1.32 bits per heavy atom. The van der Waals surface area contributed by atoms with E-state index < -0.39 is 60.8 Å². The summed E-state index contributed by atoms with van der Waals surface area (Å²) in [5.41, 5.74) is 2.09. The summed E-state index contributed by atoms with van der Waals surface area (Å²) in [6.45, 7) is 0.412. The van der Waals surface area contributed by atoms with E-state index in [-0.39, 0.29) is 24.6 Å². The highest BCUT2D eigenvalue weighted by Crippen LogP contribution is 2.30. The molecule has 0 bridgehead atoms. The first-order valence-electron chi connectivity index (χ1n) is 5.83. The van der Waals surface area contributed by atoms with Crippen molar-refractivity contribution in [2.75, 3.05) is 6.54 Å². The lowest BCUT2D eigenvalue weighted by atomic mass is 9.71. The van der Waals surface area contributed by atoms with Crippen molar-refractivity contribution >= 4 is 23.9 Å². The SMILES string of the molecule is CC(N)(CC(=O)O)C(CC(=O)O)(CC(=O)O)NCC(=O)O.N.N.N.N. The molecule has 0 aromatic rings. The first kappa shape index (κ1) is 34.1. The Morgan fingerprint density at radius 1 is 0.760 bits per heavy atom. The van der Waals surface area contributed by atoms with E-state index in [1.54, 1.807) is 0 Å². The molecule has 0 aliphatic carbocycles. The van der Waals surface area contributed by atoms with Crippen LogP contribution in [0.4, 0.5) is 0 Å². The summed E-state index contributed by atoms with van der Waals surface area (Å²) < 4.78 is 0. The average molecular weight is 374 g/mol. The van der Waals surface area contributed by atoms with Crippen molar-refractivity contribution < 1.29 is 39.6 Å². The van der Waals surface area contributed by atoms with Gasteiger partial charge in [0.25, 0.3) is 0 Å². The zero-order valence-electron chi connectivity index (χ0n) is 14.2. The van der Waals surface area contributed by atoms with Gasteiger partial charge in [-0.25, -0.2) is 0 Å². The molecule has 14 heteroatoms. The van der Waals surface area contributed by atoms with Crippen LogP contribution in [0.15, 0.2) is 0 Å². The van der Waals surface area contributed by atoms with Gasteiger partial charge in [-0.1, -0.05) is 0 Å². The van der Waals surface area contributed by atoms with Gasteiger partial charge in [-0.15, -0.1) is 0 Å². The van der Waals surface area contributed by atoms with Gasteiger partial charge in [-0.05, 0) is 6.92 Å². The third-order valence-electron chi connectivity index (χ3n) is 3.10. The highest BCUT2D eigenvalue weighted by Gasteiger charge is 2.49. The van der Waals surface area contributed by atoms with Gasteiger partial charge in [0, 0.05) is 5.54 Å². The molecule has 0 rings (SSSR count). The summed E-state index contributed by atoms with van der Waals surface area (Å²) in [4.78, 5) is 43.5. The molecule has 0 radical (unpaired) electrons. The maximum atomic E-state index is 11.0. The third kappa shape index (κ3) is 10.9. The molecule has 1 atom stereocenters. The molecule has 0 aromatic carbocycles. The van der Waals surface area contributed by atoms with Gasteiger partial charge >= 0.3 is 23.9 Å². The molecule has 0 heterocycles. The Bertz CT molecular complexity index is 440. The number of hydrogen-bond donors (Lipinski definition) is 10. The Hall–Kier alpha value is -2.36. The Kier molecular flexibility index (Phi) is 17.7. The highest BCUT2D eigenvalue weighted by molar-refractivity contribution is 5.76. The zero-order chi connectivity index (χ0) is 16.8. The molecular weight excluding hydrogens is 344 g/mol. The number of nitrogens with one attached hydrogen (secondary N) is 1. The molecule has 25 heavy (non-hydrogen) atoms. The summed E-state index contributed by atoms with van der Waals surface area (Å²) in [5.74, 6) is -5.59. The van der Waals surface area contributed by atoms with Crippen molar-refractivity contribution in [3.05, 3.63) is 0 Å². The minimum Gasteiger partial charge on any atom is -0.481 e. The first-order valence-corrected chi connectivity index (χ1v) is 5.83. The van der Waals surface area contributed by atoms with E-state index in [4.69, 9.17) is 26.2 Å². The zero-order valence-corrected chi connectivity index (χ0v) is 14.2. The van der Waals surface area contributed by atoms with Gasteiger partial charge in [0.15, 0.2) is 0 Å². The van der Waals surface area contributed by atoms with Gasteiger partial charge < -0.3 is 50.8 Å². The van der Waals surface area contributed by atoms with Crippen LogP contribution in [0, 0.1) is 0 Å². The fraction of sp³-hybridized carbons (Fsp3) is 0.636. The van der Waals surface area contributed by atoms with Gasteiger partial charge in [0.05, 0.1) is 31.3 Å². The lowest BCUT2D eigenvalue weighted by Gasteiger charge is -2.44. The molecule has 0 saturated carbocycles. The van der Waals surface area contributed by atoms with Gasteiger partial charge in [-0.3, -0.25) is 24.5 Å². The molecule has 152 valence electrons. The normalized spacial score (nSPS) is 11.9. The highest BCUT2D eigenvalue weighted by atomic mass is 16.4. The predicted molar refractivity (Wildman–Crippen MR) is 87.8 cm³/mol. The molecule has 19 N–H and O–H groups in total. The predicted octanol–water partition coefficient (Wildman–Crippen LogP) is -0.811. The van der Waals surface area contributed by atoms with Crippen molar-refractivity contribution in [1.82, 2.24) is 29.9 Å². The fourth-order valence-corrected chi connectivity index (χ4v) is 2.04. The largest absolute Gasteiger partial charge is 0.481 e. The monoisotopic (exact) mass is 374 g/mol. The maximum Gasteiger partial charge on any atom is 0.317 e. The minimum absolute atomic E-state index is 0. The van der Waals surface area contributed by atoms with Crippen LogP contribution in [0.2, 0.25) is 0 Å². The average Bonchev–Trinajstić information content (AvgIpc) is 2.21. The molecule has 0 amide bonds. The van der Waals surface area contributed by atoms with E-state index >= 15 is 0 Å². The topological polar surface area (TPSA) is 327 Å². The van der Waals surface area contributed by atoms with Gasteiger partial charge in [0.1, 0.15) is 0 Å². The number of carboxylic acids is 4. The lowest BCUT2D eigenvalue weighted by Crippen LogP contribution is -2.69. The van der Waals surface area contributed by atoms with Crippen LogP contribution >= 0.6 is 0 Å². The van der Waals surface area contributed by atoms with E-state index in [1.165, 1.54) is 6.92 Å². The van der Waals surface area contributed by atoms with Crippen LogP contribution in [0.5, 0.6) is 0 Å². The number of aliphatic carboxylic acids is 4. The molecule has 0 aliphatic rings. The first-order chi connectivity index (χ1) is 9.42. The number of nitrogens with two attached hydrogens (primary N) is 1. The number of hydrogen-bond acceptors (Lipinski definition) is 10. The van der Waals surface area contributed by atoms with Crippen LogP contribution in [-0.2, 0) is 19.2 Å². The van der Waals surface area contributed by atoms with Crippen molar-refractivity contribution in [2.45, 2.75) is 37.3 Å². The van der Waals surface area contributed by atoms with E-state index in [9.17, 15) is 19.2 Å². The summed E-state index contributed by atoms with van der Waals surface area (Å²) in [5, 5.41) is 37.7. The second-order valence-corrected chi connectivity index (χ2v) is 4.96. The molecular formula is C11H30N6O8. The fourth-order valence-electron chi connectivity index (χ4n) is 2.04. The standard InChI is InChI=1S/C11H18N2O8.4H3N/c1-10(12,2-6(14)15)11(3-7(16)17,4-8(18)19)13-5-9(20)21;;;;/h13H,2-5,12H2,1H3,(H,14,15)(H,16,17)(H,18,19)(H,20,21);4*1H3. The van der Waals surface area contributed by atoms with Crippen molar-refractivity contribution in [1.29, 1.82) is 0 Å². The molecule has 0 spiro atoms. The van der Waals surface area contributed by atoms with Crippen molar-refractivity contribution in [2.24, 2.45) is 5.73 Å². The summed E-state index contributed by atoms with van der Waals surface area (Å²) >= 11 is 0. The minimum atomic E-state index is -1.93. The molecule has 14 nitrogen and oxygen atoms in total. The smallest absolute Gasteiger partial charge is 0.317 e. The molecule has 0 aromatic heterocycles. The van der Waals surface area contributed by atoms with E-state index in [0.29, 0.717) is 0 Å².